The van der Waals surface area contributed by atoms with Crippen LogP contribution in [-0.4, -0.2) is 34.6 Å². The van der Waals surface area contributed by atoms with E-state index < -0.39 is 6.04 Å². The van der Waals surface area contributed by atoms with Crippen molar-refractivity contribution in [3.05, 3.63) is 42.0 Å². The molecule has 3 unspecified atom stereocenters. The van der Waals surface area contributed by atoms with Crippen LogP contribution in [0.4, 0.5) is 5.69 Å². The number of hydrogen-bond donors (Lipinski definition) is 2. The molecule has 7 heteroatoms. The van der Waals surface area contributed by atoms with Crippen molar-refractivity contribution in [2.45, 2.75) is 66.0 Å². The van der Waals surface area contributed by atoms with Crippen molar-refractivity contribution in [1.29, 1.82) is 0 Å². The van der Waals surface area contributed by atoms with Crippen LogP contribution in [0.15, 0.2) is 36.4 Å². The number of amides is 4. The normalized spacial score (nSPS) is 20.8. The number of imide groups is 1. The standard InChI is InChI=1S/C26H35N3O4/c1-16(2)12-22(29-25(32)20-10-5-6-11-21(20)26(29)33)24(31)27-15-18-8-7-9-19(14-18)28-23(30)13-17(3)4/h5-9,14,16-17,20-22H,10-13,15H2,1-4H3,(H,27,31)(H,28,30). The molecule has 7 nitrogen and oxygen atoms in total. The van der Waals surface area contributed by atoms with Crippen LogP contribution in [0.25, 0.3) is 0 Å². The third-order valence-corrected chi connectivity index (χ3v) is 6.12. The van der Waals surface area contributed by atoms with Gasteiger partial charge in [-0.1, -0.05) is 52.0 Å². The molecule has 0 saturated carbocycles. The number of fused-ring (bicyclic) bond motifs is 1. The number of allylic oxidation sites excluding steroid dienone is 2. The molecule has 1 heterocycles. The molecular weight excluding hydrogens is 418 g/mol. The quantitative estimate of drug-likeness (QED) is 0.441. The van der Waals surface area contributed by atoms with E-state index in [9.17, 15) is 19.2 Å². The predicted molar refractivity (Wildman–Crippen MR) is 127 cm³/mol. The zero-order valence-electron chi connectivity index (χ0n) is 20.0. The van der Waals surface area contributed by atoms with E-state index in [1.165, 1.54) is 4.90 Å². The van der Waals surface area contributed by atoms with E-state index in [-0.39, 0.29) is 53.8 Å². The van der Waals surface area contributed by atoms with Gasteiger partial charge in [0.15, 0.2) is 0 Å². The Morgan fingerprint density at radius 1 is 1.00 bits per heavy atom. The molecule has 1 aromatic carbocycles. The molecule has 0 radical (unpaired) electrons. The fourth-order valence-electron chi connectivity index (χ4n) is 4.56. The summed E-state index contributed by atoms with van der Waals surface area (Å²) < 4.78 is 0. The maximum atomic E-state index is 13.2. The van der Waals surface area contributed by atoms with E-state index in [1.807, 2.05) is 64.1 Å². The van der Waals surface area contributed by atoms with Gasteiger partial charge in [-0.15, -0.1) is 0 Å². The zero-order chi connectivity index (χ0) is 24.1. The Kier molecular flexibility index (Phi) is 8.06. The molecule has 2 N–H and O–H groups in total. The average molecular weight is 454 g/mol. The van der Waals surface area contributed by atoms with E-state index in [0.717, 1.165) is 5.56 Å². The first kappa shape index (κ1) is 24.7. The minimum Gasteiger partial charge on any atom is -0.350 e. The lowest BCUT2D eigenvalue weighted by atomic mass is 9.85. The van der Waals surface area contributed by atoms with E-state index in [1.54, 1.807) is 0 Å². The fraction of sp³-hybridized carbons (Fsp3) is 0.538. The van der Waals surface area contributed by atoms with Crippen LogP contribution in [0.2, 0.25) is 0 Å². The molecule has 178 valence electrons. The summed E-state index contributed by atoms with van der Waals surface area (Å²) in [6.45, 7) is 8.17. The molecule has 1 saturated heterocycles. The second-order valence-corrected chi connectivity index (χ2v) is 9.91. The van der Waals surface area contributed by atoms with Crippen molar-refractivity contribution < 1.29 is 19.2 Å². The molecule has 4 amide bonds. The summed E-state index contributed by atoms with van der Waals surface area (Å²) in [5.74, 6) is -1.14. The van der Waals surface area contributed by atoms with Crippen LogP contribution < -0.4 is 10.6 Å². The Balaban J connectivity index is 1.68. The maximum absolute atomic E-state index is 13.2. The highest BCUT2D eigenvalue weighted by molar-refractivity contribution is 6.08. The van der Waals surface area contributed by atoms with Gasteiger partial charge in [-0.05, 0) is 48.8 Å². The topological polar surface area (TPSA) is 95.6 Å². The number of nitrogens with zero attached hydrogens (tertiary/aromatic N) is 1. The minimum atomic E-state index is -0.815. The van der Waals surface area contributed by atoms with Crippen LogP contribution in [0, 0.1) is 23.7 Å². The van der Waals surface area contributed by atoms with Crippen LogP contribution in [0.1, 0.15) is 58.9 Å². The molecule has 3 rings (SSSR count). The third kappa shape index (κ3) is 6.09. The van der Waals surface area contributed by atoms with Crippen molar-refractivity contribution in [2.24, 2.45) is 23.7 Å². The lowest BCUT2D eigenvalue weighted by Crippen LogP contribution is -2.50. The van der Waals surface area contributed by atoms with Gasteiger partial charge in [0.1, 0.15) is 6.04 Å². The average Bonchev–Trinajstić information content (AvgIpc) is 3.00. The molecule has 2 aliphatic rings. The molecule has 33 heavy (non-hydrogen) atoms. The monoisotopic (exact) mass is 453 g/mol. The van der Waals surface area contributed by atoms with Gasteiger partial charge in [-0.2, -0.15) is 0 Å². The van der Waals surface area contributed by atoms with Crippen LogP contribution in [0.5, 0.6) is 0 Å². The lowest BCUT2D eigenvalue weighted by molar-refractivity contribution is -0.148. The molecular formula is C26H35N3O4. The van der Waals surface area contributed by atoms with Gasteiger partial charge >= 0.3 is 0 Å². The van der Waals surface area contributed by atoms with E-state index in [2.05, 4.69) is 10.6 Å². The number of carbonyl (C=O) groups is 4. The van der Waals surface area contributed by atoms with Crippen molar-refractivity contribution in [3.63, 3.8) is 0 Å². The molecule has 0 spiro atoms. The first-order valence-electron chi connectivity index (χ1n) is 11.9. The zero-order valence-corrected chi connectivity index (χ0v) is 20.0. The van der Waals surface area contributed by atoms with Crippen LogP contribution >= 0.6 is 0 Å². The first-order chi connectivity index (χ1) is 15.7. The summed E-state index contributed by atoms with van der Waals surface area (Å²) in [5, 5.41) is 5.78. The molecule has 1 aromatic rings. The lowest BCUT2D eigenvalue weighted by Gasteiger charge is -2.27. The van der Waals surface area contributed by atoms with E-state index >= 15 is 0 Å². The Labute approximate surface area is 196 Å². The summed E-state index contributed by atoms with van der Waals surface area (Å²) in [6, 6.07) is 6.50. The Bertz CT molecular complexity index is 911. The highest BCUT2D eigenvalue weighted by Crippen LogP contribution is 2.37. The Morgan fingerprint density at radius 2 is 1.64 bits per heavy atom. The number of likely N-dealkylation sites (tertiary alicyclic amines) is 1. The van der Waals surface area contributed by atoms with Gasteiger partial charge in [0.05, 0.1) is 11.8 Å². The Hall–Kier alpha value is -2.96. The number of carbonyl (C=O) groups excluding carboxylic acids is 4. The summed E-state index contributed by atoms with van der Waals surface area (Å²) in [7, 11) is 0. The van der Waals surface area contributed by atoms with Crippen molar-refractivity contribution in [3.8, 4) is 0 Å². The van der Waals surface area contributed by atoms with E-state index in [4.69, 9.17) is 0 Å². The number of anilines is 1. The minimum absolute atomic E-state index is 0.0507. The van der Waals surface area contributed by atoms with Gasteiger partial charge < -0.3 is 10.6 Å². The molecule has 0 bridgehead atoms. The number of hydrogen-bond acceptors (Lipinski definition) is 4. The van der Waals surface area contributed by atoms with Crippen LogP contribution in [-0.2, 0) is 25.7 Å². The molecule has 1 aliphatic carbocycles. The molecule has 0 aromatic heterocycles. The molecule has 3 atom stereocenters. The van der Waals surface area contributed by atoms with Crippen molar-refractivity contribution in [2.75, 3.05) is 5.32 Å². The van der Waals surface area contributed by atoms with Crippen molar-refractivity contribution >= 4 is 29.3 Å². The predicted octanol–water partition coefficient (Wildman–Crippen LogP) is 3.65. The highest BCUT2D eigenvalue weighted by atomic mass is 16.2. The smallest absolute Gasteiger partial charge is 0.243 e. The van der Waals surface area contributed by atoms with E-state index in [0.29, 0.717) is 31.4 Å². The summed E-state index contributed by atoms with van der Waals surface area (Å²) in [6.07, 6.45) is 5.85. The van der Waals surface area contributed by atoms with Crippen molar-refractivity contribution in [1.82, 2.24) is 10.2 Å². The second-order valence-electron chi connectivity index (χ2n) is 9.91. The highest BCUT2D eigenvalue weighted by Gasteiger charge is 2.51. The maximum Gasteiger partial charge on any atom is 0.243 e. The van der Waals surface area contributed by atoms with Gasteiger partial charge in [0.25, 0.3) is 0 Å². The fourth-order valence-corrected chi connectivity index (χ4v) is 4.56. The summed E-state index contributed by atoms with van der Waals surface area (Å²) >= 11 is 0. The van der Waals surface area contributed by atoms with Gasteiger partial charge in [-0.3, -0.25) is 24.1 Å². The first-order valence-corrected chi connectivity index (χ1v) is 11.9. The molecule has 1 fully saturated rings. The Morgan fingerprint density at radius 3 is 2.21 bits per heavy atom. The summed E-state index contributed by atoms with van der Waals surface area (Å²) in [4.78, 5) is 52.5. The van der Waals surface area contributed by atoms with Gasteiger partial charge in [0, 0.05) is 18.7 Å². The molecule has 1 aliphatic heterocycles. The van der Waals surface area contributed by atoms with Gasteiger partial charge in [0.2, 0.25) is 23.6 Å². The number of nitrogens with one attached hydrogen (secondary N) is 2. The SMILES string of the molecule is CC(C)CC(=O)Nc1cccc(CNC(=O)C(CC(C)C)N2C(=O)C3CC=CCC3C2=O)c1. The van der Waals surface area contributed by atoms with Gasteiger partial charge in [-0.25, -0.2) is 0 Å². The number of benzene rings is 1. The van der Waals surface area contributed by atoms with Crippen LogP contribution in [0.3, 0.4) is 0 Å². The number of rotatable bonds is 9. The largest absolute Gasteiger partial charge is 0.350 e. The third-order valence-electron chi connectivity index (χ3n) is 6.12. The second kappa shape index (κ2) is 10.8. The summed E-state index contributed by atoms with van der Waals surface area (Å²) in [5.41, 5.74) is 1.50.